The summed E-state index contributed by atoms with van der Waals surface area (Å²) in [4.78, 5) is 2.25. The van der Waals surface area contributed by atoms with Crippen LogP contribution in [0.5, 0.6) is 0 Å². The fourth-order valence-corrected chi connectivity index (χ4v) is 8.14. The van der Waals surface area contributed by atoms with Crippen LogP contribution in [0.25, 0.3) is 11.1 Å². The number of hydrogen-bond acceptors (Lipinski definition) is 1. The second kappa shape index (κ2) is 8.84. The van der Waals surface area contributed by atoms with Crippen molar-refractivity contribution in [3.05, 3.63) is 120 Å². The van der Waals surface area contributed by atoms with Crippen molar-refractivity contribution in [1.82, 2.24) is 0 Å². The van der Waals surface area contributed by atoms with E-state index >= 15 is 0 Å². The van der Waals surface area contributed by atoms with Crippen LogP contribution in [0.15, 0.2) is 97.7 Å². The lowest BCUT2D eigenvalue weighted by molar-refractivity contribution is -0.0105. The van der Waals surface area contributed by atoms with Crippen LogP contribution in [0, 0.1) is 17.8 Å². The van der Waals surface area contributed by atoms with Crippen molar-refractivity contribution >= 4 is 11.4 Å². The van der Waals surface area contributed by atoms with E-state index in [1.165, 1.54) is 27.8 Å². The molecule has 1 nitrogen and oxygen atoms in total. The molecule has 0 N–H and O–H groups in total. The molecule has 2 aliphatic rings. The van der Waals surface area contributed by atoms with Crippen molar-refractivity contribution < 1.29 is 0 Å². The van der Waals surface area contributed by atoms with Gasteiger partial charge in [0, 0.05) is 22.5 Å². The van der Waals surface area contributed by atoms with Gasteiger partial charge in [0.1, 0.15) is 0 Å². The average Bonchev–Trinajstić information content (AvgIpc) is 3.11. The Bertz CT molecular complexity index is 1490. The Morgan fingerprint density at radius 3 is 1.73 bits per heavy atom. The summed E-state index contributed by atoms with van der Waals surface area (Å²) in [5.74, 6) is 0. The van der Waals surface area contributed by atoms with Crippen LogP contribution >= 0.6 is 0 Å². The molecular weight excluding hydrogens is 482 g/mol. The topological polar surface area (TPSA) is 3.24 Å². The van der Waals surface area contributed by atoms with Gasteiger partial charge in [0.2, 0.25) is 0 Å². The minimum Gasteiger partial charge on any atom is -0.311 e. The molecule has 0 heterocycles. The largest absolute Gasteiger partial charge is 0.311 e. The molecule has 0 saturated carbocycles. The molecule has 5 rings (SSSR count). The van der Waals surface area contributed by atoms with E-state index in [1.807, 2.05) is 18.2 Å². The van der Waals surface area contributed by atoms with Gasteiger partial charge in [-0.2, -0.15) is 0 Å². The van der Waals surface area contributed by atoms with E-state index < -0.39 is 0 Å². The lowest BCUT2D eigenvalue weighted by Crippen LogP contribution is -2.55. The molecule has 0 amide bonds. The second-order valence-electron chi connectivity index (χ2n) is 14.3. The van der Waals surface area contributed by atoms with Gasteiger partial charge >= 0.3 is 0 Å². The van der Waals surface area contributed by atoms with Crippen LogP contribution in [0.3, 0.4) is 0 Å². The van der Waals surface area contributed by atoms with Crippen LogP contribution in [-0.2, 0) is 16.2 Å². The van der Waals surface area contributed by atoms with E-state index in [1.54, 1.807) is 5.56 Å². The van der Waals surface area contributed by atoms with Gasteiger partial charge in [0.15, 0.2) is 0 Å². The molecule has 2 aliphatic carbocycles. The molecular formula is C39H47N. The molecule has 0 radical (unpaired) electrons. The Morgan fingerprint density at radius 2 is 1.25 bits per heavy atom. The van der Waals surface area contributed by atoms with Crippen molar-refractivity contribution in [2.45, 2.75) is 85.5 Å². The number of para-hydroxylation sites is 1. The fourth-order valence-electron chi connectivity index (χ4n) is 8.14. The molecule has 3 aromatic carbocycles. The van der Waals surface area contributed by atoms with Gasteiger partial charge in [0.25, 0.3) is 0 Å². The van der Waals surface area contributed by atoms with E-state index in [9.17, 15) is 0 Å². The zero-order valence-corrected chi connectivity index (χ0v) is 26.4. The minimum absolute atomic E-state index is 0.0575. The zero-order chi connectivity index (χ0) is 29.5. The van der Waals surface area contributed by atoms with Gasteiger partial charge in [-0.1, -0.05) is 118 Å². The summed E-state index contributed by atoms with van der Waals surface area (Å²) < 4.78 is 0. The number of hydrogen-bond donors (Lipinski definition) is 0. The standard InChI is InChI=1S/C39H47N/c1-13-18-28(14-2)40(29-19-16-15-17-20-29)30-21-22-31(26(3)23-30)27-24-32-34-33(25-27)36(6,7)38(10,11)39(34,12)37(8,9)35(32,4)5/h13-25H,1-2H2,3-12H3/b28-18+. The second-order valence-corrected chi connectivity index (χ2v) is 14.3. The van der Waals surface area contributed by atoms with Gasteiger partial charge < -0.3 is 4.90 Å². The molecule has 0 spiro atoms. The maximum absolute atomic E-state index is 4.09. The molecule has 208 valence electrons. The smallest absolute Gasteiger partial charge is 0.0464 e. The molecule has 3 aromatic rings. The highest BCUT2D eigenvalue weighted by atomic mass is 15.1. The highest BCUT2D eigenvalue weighted by Gasteiger charge is 2.72. The Hall–Kier alpha value is -3.32. The first-order valence-electron chi connectivity index (χ1n) is 14.7. The van der Waals surface area contributed by atoms with E-state index in [2.05, 4.69) is 148 Å². The van der Waals surface area contributed by atoms with Crippen LogP contribution in [0.4, 0.5) is 11.4 Å². The number of nitrogens with zero attached hydrogens (tertiary/aromatic N) is 1. The third-order valence-corrected chi connectivity index (χ3v) is 12.2. The minimum atomic E-state index is 0.0575. The third kappa shape index (κ3) is 3.33. The molecule has 0 aromatic heterocycles. The van der Waals surface area contributed by atoms with Gasteiger partial charge in [-0.25, -0.2) is 0 Å². The Labute approximate surface area is 243 Å². The van der Waals surface area contributed by atoms with Gasteiger partial charge in [-0.3, -0.25) is 0 Å². The molecule has 0 aliphatic heterocycles. The van der Waals surface area contributed by atoms with Crippen LogP contribution in [-0.4, -0.2) is 0 Å². The number of anilines is 2. The monoisotopic (exact) mass is 529 g/mol. The van der Waals surface area contributed by atoms with Crippen molar-refractivity contribution in [3.63, 3.8) is 0 Å². The maximum Gasteiger partial charge on any atom is 0.0464 e. The first-order chi connectivity index (χ1) is 18.6. The van der Waals surface area contributed by atoms with Gasteiger partial charge in [0.05, 0.1) is 0 Å². The summed E-state index contributed by atoms with van der Waals surface area (Å²) in [7, 11) is 0. The Balaban J connectivity index is 1.71. The first-order valence-corrected chi connectivity index (χ1v) is 14.7. The molecule has 0 unspecified atom stereocenters. The fraction of sp³-hybridized carbons (Fsp3) is 0.385. The van der Waals surface area contributed by atoms with E-state index in [0.29, 0.717) is 0 Å². The SMILES string of the molecule is C=C/C=C(\C=C)N(c1ccccc1)c1ccc(-c2cc3c4c(c2)C(C)(C)C(C)(C)C4(C)C(C)(C)C3(C)C)c(C)c1. The number of benzene rings is 3. The van der Waals surface area contributed by atoms with Crippen molar-refractivity contribution in [2.75, 3.05) is 4.90 Å². The highest BCUT2D eigenvalue weighted by molar-refractivity contribution is 5.78. The van der Waals surface area contributed by atoms with E-state index in [-0.39, 0.29) is 27.1 Å². The summed E-state index contributed by atoms with van der Waals surface area (Å²) in [6.07, 6.45) is 5.73. The van der Waals surface area contributed by atoms with Crippen LogP contribution in [0.2, 0.25) is 0 Å². The number of allylic oxidation sites excluding steroid dienone is 3. The molecule has 0 fully saturated rings. The van der Waals surface area contributed by atoms with Crippen molar-refractivity contribution in [1.29, 1.82) is 0 Å². The Morgan fingerprint density at radius 1 is 0.700 bits per heavy atom. The molecule has 40 heavy (non-hydrogen) atoms. The van der Waals surface area contributed by atoms with Crippen LogP contribution < -0.4 is 4.90 Å². The Kier molecular flexibility index (Phi) is 6.23. The summed E-state index contributed by atoms with van der Waals surface area (Å²) in [5, 5.41) is 0. The summed E-state index contributed by atoms with van der Waals surface area (Å²) in [6, 6.07) is 22.4. The zero-order valence-electron chi connectivity index (χ0n) is 26.4. The summed E-state index contributed by atoms with van der Waals surface area (Å²) >= 11 is 0. The maximum atomic E-state index is 4.09. The van der Waals surface area contributed by atoms with Crippen LogP contribution in [0.1, 0.15) is 84.6 Å². The average molecular weight is 530 g/mol. The quantitative estimate of drug-likeness (QED) is 0.287. The summed E-state index contributed by atoms with van der Waals surface area (Å²) in [6.45, 7) is 32.7. The highest BCUT2D eigenvalue weighted by Crippen LogP contribution is 2.76. The normalized spacial score (nSPS) is 20.6. The first kappa shape index (κ1) is 28.2. The van der Waals surface area contributed by atoms with Gasteiger partial charge in [-0.05, 0) is 98.4 Å². The predicted molar refractivity (Wildman–Crippen MR) is 175 cm³/mol. The van der Waals surface area contributed by atoms with Gasteiger partial charge in [-0.15, -0.1) is 0 Å². The molecule has 0 atom stereocenters. The predicted octanol–water partition coefficient (Wildman–Crippen LogP) is 10.9. The molecule has 0 bridgehead atoms. The van der Waals surface area contributed by atoms with Crippen molar-refractivity contribution in [2.24, 2.45) is 10.8 Å². The van der Waals surface area contributed by atoms with Crippen molar-refractivity contribution in [3.8, 4) is 11.1 Å². The summed E-state index contributed by atoms with van der Waals surface area (Å²) in [5.41, 5.74) is 12.2. The third-order valence-electron chi connectivity index (χ3n) is 12.2. The number of rotatable bonds is 6. The molecule has 1 heteroatoms. The number of aryl methyl sites for hydroxylation is 1. The lowest BCUT2D eigenvalue weighted by Gasteiger charge is -2.56. The lowest BCUT2D eigenvalue weighted by atomic mass is 9.47. The van der Waals surface area contributed by atoms with E-state index in [4.69, 9.17) is 0 Å². The van der Waals surface area contributed by atoms with E-state index in [0.717, 1.165) is 17.1 Å². The molecule has 0 saturated heterocycles.